The Morgan fingerprint density at radius 2 is 1.75 bits per heavy atom. The monoisotopic (exact) mass is 386 g/mol. The van der Waals surface area contributed by atoms with Crippen LogP contribution in [0.5, 0.6) is 0 Å². The number of carbonyl (C=O) groups is 2. The first-order chi connectivity index (χ1) is 13.6. The molecule has 9 nitrogen and oxygen atoms in total. The second kappa shape index (κ2) is 9.03. The zero-order chi connectivity index (χ0) is 19.9. The van der Waals surface area contributed by atoms with Gasteiger partial charge in [-0.1, -0.05) is 30.3 Å². The molecule has 0 bridgehead atoms. The van der Waals surface area contributed by atoms with E-state index in [9.17, 15) is 14.4 Å². The third kappa shape index (κ3) is 4.87. The molecule has 1 aliphatic rings. The van der Waals surface area contributed by atoms with Gasteiger partial charge in [0.25, 0.3) is 5.56 Å². The van der Waals surface area contributed by atoms with E-state index in [4.69, 9.17) is 4.74 Å². The lowest BCUT2D eigenvalue weighted by atomic mass is 10.2. The number of nitrogens with zero attached hydrogens (tertiary/aromatic N) is 4. The Hall–Kier alpha value is -3.36. The van der Waals surface area contributed by atoms with Crippen LogP contribution in [0.3, 0.4) is 0 Å². The fourth-order valence-corrected chi connectivity index (χ4v) is 2.84. The Balaban J connectivity index is 1.55. The second-order valence-corrected chi connectivity index (χ2v) is 6.28. The average molecular weight is 386 g/mol. The highest BCUT2D eigenvalue weighted by Gasteiger charge is 2.23. The molecule has 0 aliphatic carbocycles. The van der Waals surface area contributed by atoms with Crippen LogP contribution in [0.2, 0.25) is 0 Å². The molecule has 1 aromatic heterocycles. The van der Waals surface area contributed by atoms with E-state index >= 15 is 0 Å². The Bertz CT molecular complexity index is 875. The minimum atomic E-state index is -0.544. The number of benzene rings is 1. The number of piperazine rings is 1. The normalized spacial score (nSPS) is 13.9. The minimum absolute atomic E-state index is 0.236. The second-order valence-electron chi connectivity index (χ2n) is 6.28. The van der Waals surface area contributed by atoms with Crippen molar-refractivity contribution in [3.63, 3.8) is 0 Å². The largest absolute Gasteiger partial charge is 0.468 e. The quantitative estimate of drug-likeness (QED) is 0.704. The zero-order valence-electron chi connectivity index (χ0n) is 15.6. The number of ether oxygens (including phenoxy) is 2. The van der Waals surface area contributed by atoms with Crippen molar-refractivity contribution in [3.05, 3.63) is 58.4 Å². The fraction of sp³-hybridized carbons (Fsp3) is 0.368. The van der Waals surface area contributed by atoms with Crippen LogP contribution in [0.4, 0.5) is 10.6 Å². The van der Waals surface area contributed by atoms with Gasteiger partial charge in [0.1, 0.15) is 19.0 Å². The van der Waals surface area contributed by atoms with Crippen LogP contribution in [0.25, 0.3) is 0 Å². The highest BCUT2D eigenvalue weighted by atomic mass is 16.6. The predicted octanol–water partition coefficient (Wildman–Crippen LogP) is 0.875. The van der Waals surface area contributed by atoms with Crippen LogP contribution in [-0.4, -0.2) is 60.0 Å². The van der Waals surface area contributed by atoms with Crippen molar-refractivity contribution in [2.45, 2.75) is 13.2 Å². The number of hydrogen-bond donors (Lipinski definition) is 0. The van der Waals surface area contributed by atoms with Gasteiger partial charge in [-0.25, -0.2) is 9.48 Å². The molecule has 0 spiro atoms. The molecule has 0 saturated carbocycles. The summed E-state index contributed by atoms with van der Waals surface area (Å²) in [6.07, 6.45) is -0.355. The van der Waals surface area contributed by atoms with Crippen LogP contribution >= 0.6 is 0 Å². The molecular formula is C19H22N4O5. The van der Waals surface area contributed by atoms with Crippen molar-refractivity contribution in [2.24, 2.45) is 0 Å². The van der Waals surface area contributed by atoms with Crippen LogP contribution < -0.4 is 10.5 Å². The van der Waals surface area contributed by atoms with Crippen LogP contribution in [0, 0.1) is 0 Å². The van der Waals surface area contributed by atoms with Crippen molar-refractivity contribution in [3.8, 4) is 0 Å². The summed E-state index contributed by atoms with van der Waals surface area (Å²) in [5.74, 6) is 0.0264. The summed E-state index contributed by atoms with van der Waals surface area (Å²) in [4.78, 5) is 39.1. The molecule has 2 aromatic rings. The molecule has 1 saturated heterocycles. The van der Waals surface area contributed by atoms with Gasteiger partial charge in [-0.15, -0.1) is 0 Å². The van der Waals surface area contributed by atoms with Gasteiger partial charge in [0.2, 0.25) is 0 Å². The van der Waals surface area contributed by atoms with E-state index in [0.717, 1.165) is 10.2 Å². The molecule has 0 radical (unpaired) electrons. The van der Waals surface area contributed by atoms with Gasteiger partial charge in [0.05, 0.1) is 7.11 Å². The first kappa shape index (κ1) is 19.4. The topological polar surface area (TPSA) is 94.0 Å². The highest BCUT2D eigenvalue weighted by molar-refractivity contribution is 5.69. The molecule has 148 valence electrons. The molecule has 3 rings (SSSR count). The highest BCUT2D eigenvalue weighted by Crippen LogP contribution is 2.13. The molecule has 1 fully saturated rings. The molecule has 9 heteroatoms. The Kier molecular flexibility index (Phi) is 6.25. The van der Waals surface area contributed by atoms with Gasteiger partial charge in [0, 0.05) is 32.2 Å². The summed E-state index contributed by atoms with van der Waals surface area (Å²) in [7, 11) is 1.26. The van der Waals surface area contributed by atoms with Crippen molar-refractivity contribution in [1.29, 1.82) is 0 Å². The fourth-order valence-electron chi connectivity index (χ4n) is 2.84. The van der Waals surface area contributed by atoms with Crippen molar-refractivity contribution in [2.75, 3.05) is 38.2 Å². The third-order valence-corrected chi connectivity index (χ3v) is 4.43. The van der Waals surface area contributed by atoms with Gasteiger partial charge in [-0.3, -0.25) is 9.59 Å². The summed E-state index contributed by atoms with van der Waals surface area (Å²) < 4.78 is 11.0. The van der Waals surface area contributed by atoms with E-state index in [-0.39, 0.29) is 24.8 Å². The van der Waals surface area contributed by atoms with E-state index < -0.39 is 5.97 Å². The molecule has 28 heavy (non-hydrogen) atoms. The van der Waals surface area contributed by atoms with E-state index in [2.05, 4.69) is 9.84 Å². The third-order valence-electron chi connectivity index (χ3n) is 4.43. The summed E-state index contributed by atoms with van der Waals surface area (Å²) in [5, 5.41) is 4.22. The lowest BCUT2D eigenvalue weighted by Gasteiger charge is -2.34. The van der Waals surface area contributed by atoms with E-state index in [1.807, 2.05) is 35.2 Å². The van der Waals surface area contributed by atoms with Crippen LogP contribution in [-0.2, 0) is 27.4 Å². The summed E-state index contributed by atoms with van der Waals surface area (Å²) in [5.41, 5.74) is 0.559. The van der Waals surface area contributed by atoms with Gasteiger partial charge in [-0.2, -0.15) is 5.10 Å². The molecule has 0 N–H and O–H groups in total. The maximum absolute atomic E-state index is 12.2. The summed E-state index contributed by atoms with van der Waals surface area (Å²) in [6.45, 7) is 2.04. The first-order valence-corrected chi connectivity index (χ1v) is 8.92. The van der Waals surface area contributed by atoms with Crippen molar-refractivity contribution < 1.29 is 19.1 Å². The van der Waals surface area contributed by atoms with Gasteiger partial charge >= 0.3 is 12.1 Å². The average Bonchev–Trinajstić information content (AvgIpc) is 2.74. The molecule has 1 aromatic carbocycles. The SMILES string of the molecule is COC(=O)Cn1nc(N2CCN(C(=O)OCc3ccccc3)CC2)ccc1=O. The van der Waals surface area contributed by atoms with Crippen molar-refractivity contribution in [1.82, 2.24) is 14.7 Å². The lowest BCUT2D eigenvalue weighted by molar-refractivity contribution is -0.141. The lowest BCUT2D eigenvalue weighted by Crippen LogP contribution is -2.49. The van der Waals surface area contributed by atoms with E-state index in [1.165, 1.54) is 13.2 Å². The maximum Gasteiger partial charge on any atom is 0.410 e. The molecule has 0 unspecified atom stereocenters. The number of amides is 1. The molecule has 1 amide bonds. The standard InChI is InChI=1S/C19H22N4O5/c1-27-18(25)13-23-17(24)8-7-16(20-23)21-9-11-22(12-10-21)19(26)28-14-15-5-3-2-4-6-15/h2-8H,9-14H2,1H3. The molecule has 0 atom stereocenters. The van der Waals surface area contributed by atoms with Crippen molar-refractivity contribution >= 4 is 17.9 Å². The first-order valence-electron chi connectivity index (χ1n) is 8.92. The number of methoxy groups -OCH3 is 1. The van der Waals surface area contributed by atoms with Crippen LogP contribution in [0.15, 0.2) is 47.3 Å². The number of aromatic nitrogens is 2. The number of rotatable bonds is 5. The molecular weight excluding hydrogens is 364 g/mol. The van der Waals surface area contributed by atoms with Gasteiger partial charge < -0.3 is 19.3 Å². The summed E-state index contributed by atoms with van der Waals surface area (Å²) >= 11 is 0. The van der Waals surface area contributed by atoms with Gasteiger partial charge in [0.15, 0.2) is 0 Å². The zero-order valence-corrected chi connectivity index (χ0v) is 15.6. The number of esters is 1. The smallest absolute Gasteiger partial charge is 0.410 e. The number of hydrogen-bond acceptors (Lipinski definition) is 7. The maximum atomic E-state index is 12.2. The van der Waals surface area contributed by atoms with Gasteiger partial charge in [-0.05, 0) is 11.6 Å². The minimum Gasteiger partial charge on any atom is -0.468 e. The predicted molar refractivity (Wildman–Crippen MR) is 101 cm³/mol. The summed E-state index contributed by atoms with van der Waals surface area (Å²) in [6, 6.07) is 12.5. The number of anilines is 1. The van der Waals surface area contributed by atoms with E-state index in [1.54, 1.807) is 11.0 Å². The Labute approximate surface area is 162 Å². The molecule has 1 aliphatic heterocycles. The van der Waals surface area contributed by atoms with E-state index in [0.29, 0.717) is 32.0 Å². The Morgan fingerprint density at radius 1 is 1.04 bits per heavy atom. The number of carbonyl (C=O) groups excluding carboxylic acids is 2. The van der Waals surface area contributed by atoms with Crippen LogP contribution in [0.1, 0.15) is 5.56 Å². The Morgan fingerprint density at radius 3 is 2.43 bits per heavy atom. The molecule has 2 heterocycles.